The predicted molar refractivity (Wildman–Crippen MR) is 87.5 cm³/mol. The largest absolute Gasteiger partial charge is 0.338 e. The van der Waals surface area contributed by atoms with E-state index in [1.54, 1.807) is 23.4 Å². The Kier molecular flexibility index (Phi) is 5.89. The van der Waals surface area contributed by atoms with Crippen molar-refractivity contribution in [2.24, 2.45) is 0 Å². The van der Waals surface area contributed by atoms with Gasteiger partial charge in [-0.15, -0.1) is 0 Å². The summed E-state index contributed by atoms with van der Waals surface area (Å²) < 4.78 is 24.7. The molecular formula is C14H23N5O3S. The van der Waals surface area contributed by atoms with Crippen LogP contribution in [-0.4, -0.2) is 79.0 Å². The zero-order valence-corrected chi connectivity index (χ0v) is 14.4. The van der Waals surface area contributed by atoms with E-state index < -0.39 is 10.0 Å². The second kappa shape index (κ2) is 7.69. The molecule has 1 aliphatic heterocycles. The fourth-order valence-electron chi connectivity index (χ4n) is 2.47. The van der Waals surface area contributed by atoms with Crippen LogP contribution in [0.25, 0.3) is 0 Å². The van der Waals surface area contributed by atoms with E-state index in [1.807, 2.05) is 11.8 Å². The van der Waals surface area contributed by atoms with E-state index in [9.17, 15) is 13.2 Å². The molecule has 1 aromatic rings. The number of carbonyl (C=O) groups excluding carboxylic acids is 1. The van der Waals surface area contributed by atoms with Gasteiger partial charge in [0.1, 0.15) is 0 Å². The van der Waals surface area contributed by atoms with E-state index >= 15 is 0 Å². The molecule has 2 heterocycles. The molecule has 0 aromatic carbocycles. The Balaban J connectivity index is 1.90. The van der Waals surface area contributed by atoms with Crippen molar-refractivity contribution < 1.29 is 13.2 Å². The van der Waals surface area contributed by atoms with Gasteiger partial charge in [-0.1, -0.05) is 6.92 Å². The van der Waals surface area contributed by atoms with Crippen molar-refractivity contribution in [2.75, 3.05) is 50.4 Å². The smallest absolute Gasteiger partial charge is 0.238 e. The number of hydrogen-bond acceptors (Lipinski definition) is 6. The molecule has 1 amide bonds. The van der Waals surface area contributed by atoms with Gasteiger partial charge >= 0.3 is 0 Å². The summed E-state index contributed by atoms with van der Waals surface area (Å²) in [5.41, 5.74) is 0. The van der Waals surface area contributed by atoms with Crippen LogP contribution in [0.2, 0.25) is 0 Å². The number of aromatic nitrogens is 2. The lowest BCUT2D eigenvalue weighted by Crippen LogP contribution is -2.52. The minimum Gasteiger partial charge on any atom is -0.338 e. The lowest BCUT2D eigenvalue weighted by Gasteiger charge is -2.35. The quantitative estimate of drug-likeness (QED) is 0.712. The van der Waals surface area contributed by atoms with Crippen LogP contribution in [0.1, 0.15) is 13.3 Å². The molecule has 0 saturated carbocycles. The number of piperazine rings is 1. The van der Waals surface area contributed by atoms with E-state index in [-0.39, 0.29) is 12.5 Å². The summed E-state index contributed by atoms with van der Waals surface area (Å²) in [4.78, 5) is 24.5. The number of amides is 1. The van der Waals surface area contributed by atoms with Crippen LogP contribution < -0.4 is 4.90 Å². The van der Waals surface area contributed by atoms with Gasteiger partial charge in [0.2, 0.25) is 21.9 Å². The summed E-state index contributed by atoms with van der Waals surface area (Å²) in [5, 5.41) is 0. The molecule has 1 saturated heterocycles. The van der Waals surface area contributed by atoms with Crippen LogP contribution in [0.5, 0.6) is 0 Å². The van der Waals surface area contributed by atoms with Gasteiger partial charge in [-0.05, 0) is 12.5 Å². The van der Waals surface area contributed by atoms with E-state index in [0.717, 1.165) is 6.26 Å². The molecule has 0 aliphatic carbocycles. The minimum atomic E-state index is -3.36. The maximum atomic E-state index is 12.3. The van der Waals surface area contributed by atoms with Gasteiger partial charge in [-0.2, -0.15) is 4.31 Å². The molecule has 0 bridgehead atoms. The first-order valence-corrected chi connectivity index (χ1v) is 9.51. The number of carbonyl (C=O) groups is 1. The second-order valence-electron chi connectivity index (χ2n) is 5.51. The van der Waals surface area contributed by atoms with Crippen LogP contribution in [0.3, 0.4) is 0 Å². The van der Waals surface area contributed by atoms with Gasteiger partial charge in [-0.25, -0.2) is 18.4 Å². The summed E-state index contributed by atoms with van der Waals surface area (Å²) in [7, 11) is -3.36. The van der Waals surface area contributed by atoms with Crippen molar-refractivity contribution in [1.29, 1.82) is 0 Å². The maximum absolute atomic E-state index is 12.3. The van der Waals surface area contributed by atoms with E-state index in [4.69, 9.17) is 0 Å². The Morgan fingerprint density at radius 1 is 1.22 bits per heavy atom. The first-order chi connectivity index (χ1) is 10.9. The molecule has 2 rings (SSSR count). The van der Waals surface area contributed by atoms with Crippen LogP contribution in [0.4, 0.5) is 5.95 Å². The molecule has 0 atom stereocenters. The Labute approximate surface area is 137 Å². The van der Waals surface area contributed by atoms with E-state index in [2.05, 4.69) is 9.97 Å². The van der Waals surface area contributed by atoms with Gasteiger partial charge in [0.05, 0.1) is 12.8 Å². The van der Waals surface area contributed by atoms with Crippen molar-refractivity contribution in [3.8, 4) is 0 Å². The van der Waals surface area contributed by atoms with Crippen molar-refractivity contribution >= 4 is 21.9 Å². The molecule has 1 aliphatic rings. The Morgan fingerprint density at radius 3 is 2.35 bits per heavy atom. The van der Waals surface area contributed by atoms with Gasteiger partial charge in [0.15, 0.2) is 0 Å². The van der Waals surface area contributed by atoms with E-state index in [1.165, 1.54) is 4.31 Å². The van der Waals surface area contributed by atoms with Crippen molar-refractivity contribution in [2.45, 2.75) is 13.3 Å². The number of rotatable bonds is 6. The Bertz CT molecular complexity index is 615. The van der Waals surface area contributed by atoms with E-state index in [0.29, 0.717) is 45.1 Å². The number of sulfonamides is 1. The topological polar surface area (TPSA) is 86.7 Å². The fraction of sp³-hybridized carbons (Fsp3) is 0.643. The monoisotopic (exact) mass is 341 g/mol. The third-order valence-electron chi connectivity index (χ3n) is 3.72. The van der Waals surface area contributed by atoms with Crippen LogP contribution in [0, 0.1) is 0 Å². The highest BCUT2D eigenvalue weighted by atomic mass is 32.2. The highest BCUT2D eigenvalue weighted by Crippen LogP contribution is 2.10. The third kappa shape index (κ3) is 4.87. The molecule has 0 N–H and O–H groups in total. The first-order valence-electron chi connectivity index (χ1n) is 7.66. The molecule has 128 valence electrons. The number of hydrogen-bond donors (Lipinski definition) is 0. The average Bonchev–Trinajstić information content (AvgIpc) is 2.54. The van der Waals surface area contributed by atoms with Crippen molar-refractivity contribution in [3.05, 3.63) is 18.5 Å². The zero-order chi connectivity index (χ0) is 16.9. The SMILES string of the molecule is CCCN(CC(=O)N1CCN(c2ncccn2)CC1)S(C)(=O)=O. The van der Waals surface area contributed by atoms with Crippen molar-refractivity contribution in [1.82, 2.24) is 19.2 Å². The Hall–Kier alpha value is -1.74. The normalized spacial score (nSPS) is 16.0. The third-order valence-corrected chi connectivity index (χ3v) is 4.97. The van der Waals surface area contributed by atoms with Gasteiger partial charge in [0, 0.05) is 45.1 Å². The Morgan fingerprint density at radius 2 is 1.83 bits per heavy atom. The highest BCUT2D eigenvalue weighted by molar-refractivity contribution is 7.88. The molecule has 23 heavy (non-hydrogen) atoms. The molecule has 1 fully saturated rings. The maximum Gasteiger partial charge on any atom is 0.238 e. The standard InChI is InChI=1S/C14H23N5O3S/c1-3-7-19(23(2,21)22)12-13(20)17-8-10-18(11-9-17)14-15-5-4-6-16-14/h4-6H,3,7-12H2,1-2H3. The lowest BCUT2D eigenvalue weighted by molar-refractivity contribution is -0.131. The van der Waals surface area contributed by atoms with Crippen LogP contribution in [0.15, 0.2) is 18.5 Å². The van der Waals surface area contributed by atoms with Gasteiger partial charge < -0.3 is 9.80 Å². The summed E-state index contributed by atoms with van der Waals surface area (Å²) >= 11 is 0. The molecule has 0 radical (unpaired) electrons. The molecule has 1 aromatic heterocycles. The summed E-state index contributed by atoms with van der Waals surface area (Å²) in [5.74, 6) is 0.501. The van der Waals surface area contributed by atoms with Gasteiger partial charge in [-0.3, -0.25) is 4.79 Å². The molecule has 0 unspecified atom stereocenters. The average molecular weight is 341 g/mol. The summed E-state index contributed by atoms with van der Waals surface area (Å²) in [6.07, 6.45) is 5.20. The van der Waals surface area contributed by atoms with Gasteiger partial charge in [0.25, 0.3) is 0 Å². The summed E-state index contributed by atoms with van der Waals surface area (Å²) in [6.45, 7) is 4.53. The lowest BCUT2D eigenvalue weighted by atomic mass is 10.3. The van der Waals surface area contributed by atoms with Crippen molar-refractivity contribution in [3.63, 3.8) is 0 Å². The second-order valence-corrected chi connectivity index (χ2v) is 7.50. The molecule has 0 spiro atoms. The fourth-order valence-corrected chi connectivity index (χ4v) is 3.33. The minimum absolute atomic E-state index is 0.0888. The number of nitrogens with zero attached hydrogens (tertiary/aromatic N) is 5. The number of anilines is 1. The van der Waals surface area contributed by atoms with Crippen LogP contribution >= 0.6 is 0 Å². The zero-order valence-electron chi connectivity index (χ0n) is 13.6. The van der Waals surface area contributed by atoms with Crippen LogP contribution in [-0.2, 0) is 14.8 Å². The summed E-state index contributed by atoms with van der Waals surface area (Å²) in [6, 6.07) is 1.76. The highest BCUT2D eigenvalue weighted by Gasteiger charge is 2.26. The molecular weight excluding hydrogens is 318 g/mol. The molecule has 9 heteroatoms. The predicted octanol–water partition coefficient (Wildman–Crippen LogP) is -0.203. The first kappa shape index (κ1) is 17.6. The molecule has 8 nitrogen and oxygen atoms in total.